The molecule has 2 aromatic heterocycles. The fourth-order valence-electron chi connectivity index (χ4n) is 1.94. The molecule has 0 unspecified atom stereocenters. The fourth-order valence-corrected chi connectivity index (χ4v) is 4.27. The molecular formula is C13H9ClIN3O2S. The van der Waals surface area contributed by atoms with Crippen LogP contribution in [0.15, 0.2) is 41.4 Å². The average molecular weight is 434 g/mol. The van der Waals surface area contributed by atoms with Crippen molar-refractivity contribution in [1.29, 1.82) is 0 Å². The molecule has 5 nitrogen and oxygen atoms in total. The van der Waals surface area contributed by atoms with Gasteiger partial charge in [-0.15, -0.1) is 10.2 Å². The number of fused-ring (bicyclic) bond motifs is 1. The SMILES string of the molecule is Cc1ccc(S(=O)(=O)n2cc(I)c3cc(Cl)nnc32)cc1. The Morgan fingerprint density at radius 2 is 1.86 bits per heavy atom. The highest BCUT2D eigenvalue weighted by Gasteiger charge is 2.22. The topological polar surface area (TPSA) is 64.8 Å². The minimum Gasteiger partial charge on any atom is -0.221 e. The highest BCUT2D eigenvalue weighted by Crippen LogP contribution is 2.26. The van der Waals surface area contributed by atoms with Crippen LogP contribution in [0.4, 0.5) is 0 Å². The molecule has 0 fully saturated rings. The van der Waals surface area contributed by atoms with Gasteiger partial charge in [-0.05, 0) is 47.7 Å². The summed E-state index contributed by atoms with van der Waals surface area (Å²) in [5, 5.41) is 8.52. The molecule has 21 heavy (non-hydrogen) atoms. The van der Waals surface area contributed by atoms with E-state index in [1.807, 2.05) is 29.5 Å². The molecular weight excluding hydrogens is 425 g/mol. The summed E-state index contributed by atoms with van der Waals surface area (Å²) in [5.74, 6) is 0. The van der Waals surface area contributed by atoms with Gasteiger partial charge in [0.05, 0.1) is 4.90 Å². The maximum atomic E-state index is 12.7. The monoisotopic (exact) mass is 433 g/mol. The van der Waals surface area contributed by atoms with E-state index in [1.165, 1.54) is 6.20 Å². The van der Waals surface area contributed by atoms with Crippen molar-refractivity contribution in [3.8, 4) is 0 Å². The fraction of sp³-hybridized carbons (Fsp3) is 0.0769. The second-order valence-electron chi connectivity index (χ2n) is 4.50. The summed E-state index contributed by atoms with van der Waals surface area (Å²) in [6, 6.07) is 8.27. The first-order valence-corrected chi connectivity index (χ1v) is 8.81. The number of benzene rings is 1. The molecule has 0 saturated heterocycles. The van der Waals surface area contributed by atoms with Gasteiger partial charge in [-0.2, -0.15) is 0 Å². The average Bonchev–Trinajstić information content (AvgIpc) is 2.77. The van der Waals surface area contributed by atoms with Crippen LogP contribution in [-0.2, 0) is 10.0 Å². The van der Waals surface area contributed by atoms with E-state index in [4.69, 9.17) is 11.6 Å². The van der Waals surface area contributed by atoms with Crippen LogP contribution < -0.4 is 0 Å². The molecule has 0 saturated carbocycles. The van der Waals surface area contributed by atoms with Gasteiger partial charge < -0.3 is 0 Å². The summed E-state index contributed by atoms with van der Waals surface area (Å²) < 4.78 is 27.3. The third kappa shape index (κ3) is 2.53. The molecule has 1 aromatic carbocycles. The van der Waals surface area contributed by atoms with Crippen molar-refractivity contribution < 1.29 is 8.42 Å². The van der Waals surface area contributed by atoms with Gasteiger partial charge in [-0.1, -0.05) is 29.3 Å². The minimum atomic E-state index is -3.71. The van der Waals surface area contributed by atoms with Gasteiger partial charge in [-0.25, -0.2) is 12.4 Å². The first-order valence-electron chi connectivity index (χ1n) is 5.91. The van der Waals surface area contributed by atoms with Gasteiger partial charge in [0, 0.05) is 15.2 Å². The molecule has 0 radical (unpaired) electrons. The van der Waals surface area contributed by atoms with Crippen molar-refractivity contribution >= 4 is 55.2 Å². The normalized spacial score (nSPS) is 12.0. The zero-order valence-electron chi connectivity index (χ0n) is 10.8. The van der Waals surface area contributed by atoms with Gasteiger partial charge in [0.2, 0.25) is 0 Å². The van der Waals surface area contributed by atoms with Crippen molar-refractivity contribution in [1.82, 2.24) is 14.2 Å². The minimum absolute atomic E-state index is 0.207. The number of hydrogen-bond acceptors (Lipinski definition) is 4. The van der Waals surface area contributed by atoms with Crippen molar-refractivity contribution in [2.24, 2.45) is 0 Å². The first-order chi connectivity index (χ1) is 9.89. The smallest absolute Gasteiger partial charge is 0.221 e. The van der Waals surface area contributed by atoms with Crippen LogP contribution in [0.3, 0.4) is 0 Å². The number of aryl methyl sites for hydroxylation is 1. The second-order valence-corrected chi connectivity index (χ2v) is 7.86. The third-order valence-electron chi connectivity index (χ3n) is 3.02. The highest BCUT2D eigenvalue weighted by atomic mass is 127. The molecule has 108 valence electrons. The number of rotatable bonds is 2. The Morgan fingerprint density at radius 1 is 1.19 bits per heavy atom. The van der Waals surface area contributed by atoms with Gasteiger partial charge in [0.15, 0.2) is 10.8 Å². The van der Waals surface area contributed by atoms with Crippen LogP contribution >= 0.6 is 34.2 Å². The van der Waals surface area contributed by atoms with Crippen LogP contribution in [0.5, 0.6) is 0 Å². The molecule has 0 aliphatic rings. The Bertz CT molecular complexity index is 936. The van der Waals surface area contributed by atoms with Gasteiger partial charge in [0.25, 0.3) is 10.0 Å². The molecule has 0 amide bonds. The summed E-state index contributed by atoms with van der Waals surface area (Å²) >= 11 is 7.86. The molecule has 0 aliphatic carbocycles. The van der Waals surface area contributed by atoms with E-state index in [9.17, 15) is 8.42 Å². The van der Waals surface area contributed by atoms with E-state index in [-0.39, 0.29) is 15.7 Å². The molecule has 0 bridgehead atoms. The lowest BCUT2D eigenvalue weighted by Crippen LogP contribution is -2.12. The zero-order valence-corrected chi connectivity index (χ0v) is 14.5. The summed E-state index contributed by atoms with van der Waals surface area (Å²) in [6.45, 7) is 1.90. The zero-order chi connectivity index (χ0) is 15.2. The molecule has 8 heteroatoms. The number of halogens is 2. The largest absolute Gasteiger partial charge is 0.269 e. The van der Waals surface area contributed by atoms with E-state index < -0.39 is 10.0 Å². The number of hydrogen-bond donors (Lipinski definition) is 0. The Hall–Kier alpha value is -1.19. The lowest BCUT2D eigenvalue weighted by Gasteiger charge is -2.06. The van der Waals surface area contributed by atoms with E-state index in [2.05, 4.69) is 10.2 Å². The summed E-state index contributed by atoms with van der Waals surface area (Å²) in [4.78, 5) is 0.207. The molecule has 0 aliphatic heterocycles. The third-order valence-corrected chi connectivity index (χ3v) is 5.73. The van der Waals surface area contributed by atoms with E-state index in [0.29, 0.717) is 5.39 Å². The van der Waals surface area contributed by atoms with Gasteiger partial charge in [0.1, 0.15) is 0 Å². The second kappa shape index (κ2) is 5.22. The quantitative estimate of drug-likeness (QED) is 0.582. The lowest BCUT2D eigenvalue weighted by atomic mass is 10.2. The van der Waals surface area contributed by atoms with Crippen LogP contribution in [-0.4, -0.2) is 22.6 Å². The van der Waals surface area contributed by atoms with Crippen LogP contribution in [0, 0.1) is 10.5 Å². The summed E-state index contributed by atoms with van der Waals surface area (Å²) in [7, 11) is -3.71. The standard InChI is InChI=1S/C13H9ClIN3O2S/c1-8-2-4-9(5-3-8)21(19,20)18-7-11(15)10-6-12(14)16-17-13(10)18/h2-7H,1H3. The van der Waals surface area contributed by atoms with Gasteiger partial charge in [-0.3, -0.25) is 0 Å². The first kappa shape index (κ1) is 14.7. The van der Waals surface area contributed by atoms with Crippen molar-refractivity contribution in [2.45, 2.75) is 11.8 Å². The van der Waals surface area contributed by atoms with Gasteiger partial charge >= 0.3 is 0 Å². The maximum Gasteiger partial charge on any atom is 0.269 e. The molecule has 3 rings (SSSR count). The van der Waals surface area contributed by atoms with E-state index >= 15 is 0 Å². The molecule has 0 spiro atoms. The Morgan fingerprint density at radius 3 is 2.52 bits per heavy atom. The van der Waals surface area contributed by atoms with Crippen molar-refractivity contribution in [2.75, 3.05) is 0 Å². The number of nitrogens with zero attached hydrogens (tertiary/aromatic N) is 3. The highest BCUT2D eigenvalue weighted by molar-refractivity contribution is 14.1. The van der Waals surface area contributed by atoms with Crippen molar-refractivity contribution in [3.63, 3.8) is 0 Å². The molecule has 0 atom stereocenters. The Balaban J connectivity index is 2.26. The Labute approximate surface area is 140 Å². The summed E-state index contributed by atoms with van der Waals surface area (Å²) in [5.41, 5.74) is 1.26. The summed E-state index contributed by atoms with van der Waals surface area (Å²) in [6.07, 6.45) is 1.52. The van der Waals surface area contributed by atoms with E-state index in [1.54, 1.807) is 30.3 Å². The van der Waals surface area contributed by atoms with Crippen LogP contribution in [0.25, 0.3) is 11.0 Å². The van der Waals surface area contributed by atoms with Crippen LogP contribution in [0.2, 0.25) is 5.15 Å². The molecule has 2 heterocycles. The maximum absolute atomic E-state index is 12.7. The lowest BCUT2D eigenvalue weighted by molar-refractivity contribution is 0.588. The predicted molar refractivity (Wildman–Crippen MR) is 89.0 cm³/mol. The van der Waals surface area contributed by atoms with E-state index in [0.717, 1.165) is 13.1 Å². The number of aromatic nitrogens is 3. The van der Waals surface area contributed by atoms with Crippen molar-refractivity contribution in [3.05, 3.63) is 50.8 Å². The van der Waals surface area contributed by atoms with Crippen LogP contribution in [0.1, 0.15) is 5.56 Å². The molecule has 0 N–H and O–H groups in total. The molecule has 3 aromatic rings. The predicted octanol–water partition coefficient (Wildman–Crippen LogP) is 3.23. The Kier molecular flexibility index (Phi) is 3.66.